The van der Waals surface area contributed by atoms with Crippen molar-refractivity contribution in [2.45, 2.75) is 9.79 Å². The van der Waals surface area contributed by atoms with Gasteiger partial charge in [-0.25, -0.2) is 5.84 Å². The number of carbonyl (C=O) groups excluding carboxylic acids is 1. The molecule has 0 aliphatic carbocycles. The van der Waals surface area contributed by atoms with Crippen molar-refractivity contribution in [1.29, 1.82) is 5.41 Å². The number of nitrogens with zero attached hydrogens (tertiary/aromatic N) is 2. The number of nitrogens with one attached hydrogen (secondary N) is 2. The number of hydrogen-bond acceptors (Lipinski definition) is 6. The van der Waals surface area contributed by atoms with Gasteiger partial charge in [-0.1, -0.05) is 48.2 Å². The Hall–Kier alpha value is -3.23. The zero-order chi connectivity index (χ0) is 18.5. The maximum atomic E-state index is 12.8. The van der Waals surface area contributed by atoms with Crippen LogP contribution in [0, 0.1) is 5.41 Å². The van der Waals surface area contributed by atoms with Gasteiger partial charge in [-0.2, -0.15) is 9.78 Å². The predicted molar refractivity (Wildman–Crippen MR) is 99.9 cm³/mol. The Labute approximate surface area is 153 Å². The fraction of sp³-hybridized carbons (Fsp3) is 0. The average Bonchev–Trinajstić information content (AvgIpc) is 2.69. The molecule has 7 nitrogen and oxygen atoms in total. The molecule has 0 saturated carbocycles. The number of aromatic nitrogens is 2. The maximum Gasteiger partial charge on any atom is 0.286 e. The number of carbonyl (C=O) groups is 1. The number of amides is 1. The summed E-state index contributed by atoms with van der Waals surface area (Å²) in [6.45, 7) is 0. The van der Waals surface area contributed by atoms with Crippen LogP contribution in [0.15, 0.2) is 75.2 Å². The second kappa shape index (κ2) is 7.77. The molecule has 0 saturated heterocycles. The van der Waals surface area contributed by atoms with E-state index < -0.39 is 11.5 Å². The second-order valence-electron chi connectivity index (χ2n) is 5.18. The largest absolute Gasteiger partial charge is 0.308 e. The first-order valence-electron chi connectivity index (χ1n) is 7.62. The van der Waals surface area contributed by atoms with Crippen molar-refractivity contribution in [2.24, 2.45) is 5.84 Å². The fourth-order valence-corrected chi connectivity index (χ4v) is 3.34. The van der Waals surface area contributed by atoms with Crippen molar-refractivity contribution in [1.82, 2.24) is 15.2 Å². The van der Waals surface area contributed by atoms with Crippen LogP contribution in [0.1, 0.15) is 16.1 Å². The van der Waals surface area contributed by atoms with Crippen LogP contribution in [0.2, 0.25) is 0 Å². The lowest BCUT2D eigenvalue weighted by Gasteiger charge is -2.13. The predicted octanol–water partition coefficient (Wildman–Crippen LogP) is 1.98. The minimum Gasteiger partial charge on any atom is -0.308 e. The molecule has 0 aliphatic rings. The summed E-state index contributed by atoms with van der Waals surface area (Å²) in [6, 6.07) is 17.9. The lowest BCUT2D eigenvalue weighted by Crippen LogP contribution is -2.35. The van der Waals surface area contributed by atoms with E-state index in [0.29, 0.717) is 5.69 Å². The Balaban J connectivity index is 2.26. The molecular weight excluding hydrogens is 350 g/mol. The van der Waals surface area contributed by atoms with Crippen LogP contribution in [0.5, 0.6) is 0 Å². The minimum absolute atomic E-state index is 0.0247. The van der Waals surface area contributed by atoms with E-state index in [-0.39, 0.29) is 16.2 Å². The Kier molecular flexibility index (Phi) is 5.26. The third-order valence-electron chi connectivity index (χ3n) is 3.54. The molecular formula is C18H15N5O2S. The van der Waals surface area contributed by atoms with Crippen LogP contribution in [-0.2, 0) is 0 Å². The van der Waals surface area contributed by atoms with Gasteiger partial charge in [-0.15, -0.1) is 0 Å². The van der Waals surface area contributed by atoms with Crippen LogP contribution in [-0.4, -0.2) is 21.9 Å². The smallest absolute Gasteiger partial charge is 0.286 e. The van der Waals surface area contributed by atoms with E-state index >= 15 is 0 Å². The van der Waals surface area contributed by atoms with E-state index in [9.17, 15) is 9.59 Å². The Morgan fingerprint density at radius 2 is 1.73 bits per heavy atom. The van der Waals surface area contributed by atoms with E-state index in [2.05, 4.69) is 10.5 Å². The van der Waals surface area contributed by atoms with Crippen LogP contribution in [0.3, 0.4) is 0 Å². The third-order valence-corrected chi connectivity index (χ3v) is 4.66. The number of para-hydroxylation sites is 1. The molecule has 0 radical (unpaired) electrons. The maximum absolute atomic E-state index is 12.8. The first kappa shape index (κ1) is 17.6. The van der Waals surface area contributed by atoms with E-state index in [4.69, 9.17) is 11.3 Å². The molecule has 0 spiro atoms. The van der Waals surface area contributed by atoms with E-state index in [1.807, 2.05) is 30.3 Å². The molecule has 0 bridgehead atoms. The van der Waals surface area contributed by atoms with Gasteiger partial charge in [0.25, 0.3) is 11.5 Å². The van der Waals surface area contributed by atoms with Gasteiger partial charge < -0.3 is 5.41 Å². The van der Waals surface area contributed by atoms with Crippen LogP contribution in [0.25, 0.3) is 5.69 Å². The highest BCUT2D eigenvalue weighted by Crippen LogP contribution is 2.31. The molecule has 1 aromatic heterocycles. The van der Waals surface area contributed by atoms with Crippen molar-refractivity contribution in [3.63, 3.8) is 0 Å². The molecule has 26 heavy (non-hydrogen) atoms. The van der Waals surface area contributed by atoms with Crippen molar-refractivity contribution in [3.05, 3.63) is 82.3 Å². The number of nitrogen functional groups attached to an aromatic ring is 1. The molecule has 0 atom stereocenters. The molecule has 3 rings (SSSR count). The summed E-state index contributed by atoms with van der Waals surface area (Å²) < 4.78 is 1.10. The van der Waals surface area contributed by atoms with Gasteiger partial charge in [-0.3, -0.25) is 15.0 Å². The zero-order valence-corrected chi connectivity index (χ0v) is 14.4. The number of benzene rings is 2. The number of hydrogen-bond donors (Lipinski definition) is 3. The number of hydrazine groups is 1. The monoisotopic (exact) mass is 365 g/mol. The summed E-state index contributed by atoms with van der Waals surface area (Å²) >= 11 is 1.18. The zero-order valence-electron chi connectivity index (χ0n) is 13.5. The molecule has 3 aromatic rings. The molecule has 1 heterocycles. The number of rotatable bonds is 5. The average molecular weight is 365 g/mol. The van der Waals surface area contributed by atoms with Crippen LogP contribution < -0.4 is 16.8 Å². The molecule has 1 amide bonds. The fourth-order valence-electron chi connectivity index (χ4n) is 2.33. The second-order valence-corrected chi connectivity index (χ2v) is 6.26. The Bertz CT molecular complexity index is 1000. The minimum atomic E-state index is -0.642. The number of nitrogens with two attached hydrogens (primary N) is 1. The third kappa shape index (κ3) is 3.41. The highest BCUT2D eigenvalue weighted by Gasteiger charge is 2.22. The van der Waals surface area contributed by atoms with Crippen molar-refractivity contribution in [2.75, 3.05) is 0 Å². The molecule has 130 valence electrons. The van der Waals surface area contributed by atoms with Crippen molar-refractivity contribution in [3.8, 4) is 5.69 Å². The summed E-state index contributed by atoms with van der Waals surface area (Å²) in [6.07, 6.45) is 0.933. The van der Waals surface area contributed by atoms with E-state index in [0.717, 1.165) is 15.8 Å². The van der Waals surface area contributed by atoms with Crippen LogP contribution >= 0.6 is 11.8 Å². The standard InChI is InChI=1S/C18H15N5O2S/c19-11-14-16(26-13-9-5-2-6-10-13)15(17(24)21-20)22-23(18(14)25)12-7-3-1-4-8-12/h1-11,19H,20H2,(H,21,24). The van der Waals surface area contributed by atoms with Crippen molar-refractivity contribution < 1.29 is 4.79 Å². The van der Waals surface area contributed by atoms with Crippen LogP contribution in [0.4, 0.5) is 0 Å². The van der Waals surface area contributed by atoms with Crippen molar-refractivity contribution >= 4 is 23.9 Å². The van der Waals surface area contributed by atoms with E-state index in [1.165, 1.54) is 11.8 Å². The lowest BCUT2D eigenvalue weighted by molar-refractivity contribution is 0.0943. The highest BCUT2D eigenvalue weighted by molar-refractivity contribution is 7.99. The highest BCUT2D eigenvalue weighted by atomic mass is 32.2. The van der Waals surface area contributed by atoms with Gasteiger partial charge >= 0.3 is 0 Å². The van der Waals surface area contributed by atoms with Gasteiger partial charge in [0.15, 0.2) is 5.69 Å². The summed E-state index contributed by atoms with van der Waals surface area (Å²) in [5, 5.41) is 11.9. The summed E-state index contributed by atoms with van der Waals surface area (Å²) in [5.74, 6) is 4.65. The van der Waals surface area contributed by atoms with E-state index in [1.54, 1.807) is 30.3 Å². The summed E-state index contributed by atoms with van der Waals surface area (Å²) in [5.41, 5.74) is 2.09. The Morgan fingerprint density at radius 3 is 2.31 bits per heavy atom. The SMILES string of the molecule is N=Cc1c(Sc2ccccc2)c(C(=O)NN)nn(-c2ccccc2)c1=O. The lowest BCUT2D eigenvalue weighted by atomic mass is 10.2. The van der Waals surface area contributed by atoms with Gasteiger partial charge in [0.05, 0.1) is 16.1 Å². The first-order valence-corrected chi connectivity index (χ1v) is 8.44. The molecule has 2 aromatic carbocycles. The molecule has 0 unspecified atom stereocenters. The normalized spacial score (nSPS) is 10.3. The Morgan fingerprint density at radius 1 is 1.12 bits per heavy atom. The molecule has 0 aliphatic heterocycles. The summed E-state index contributed by atoms with van der Waals surface area (Å²) in [4.78, 5) is 26.2. The first-order chi connectivity index (χ1) is 12.7. The molecule has 0 fully saturated rings. The van der Waals surface area contributed by atoms with Gasteiger partial charge in [-0.05, 0) is 24.3 Å². The van der Waals surface area contributed by atoms with Gasteiger partial charge in [0.2, 0.25) is 0 Å². The van der Waals surface area contributed by atoms with Gasteiger partial charge in [0, 0.05) is 11.1 Å². The van der Waals surface area contributed by atoms with Gasteiger partial charge in [0.1, 0.15) is 0 Å². The topological polar surface area (TPSA) is 114 Å². The quantitative estimate of drug-likeness (QED) is 0.277. The molecule has 8 heteroatoms. The molecule has 4 N–H and O–H groups in total. The summed E-state index contributed by atoms with van der Waals surface area (Å²) in [7, 11) is 0.